The van der Waals surface area contributed by atoms with E-state index in [4.69, 9.17) is 15.2 Å². The highest BCUT2D eigenvalue weighted by molar-refractivity contribution is 9.10. The van der Waals surface area contributed by atoms with Crippen LogP contribution >= 0.6 is 15.9 Å². The minimum atomic E-state index is 0.387. The molecular weight excluding hydrogens is 336 g/mol. The van der Waals surface area contributed by atoms with Crippen LogP contribution in [0.5, 0.6) is 11.6 Å². The smallest absolute Gasteiger partial charge is 0.242 e. The topological polar surface area (TPSA) is 82.3 Å². The van der Waals surface area contributed by atoms with Crippen molar-refractivity contribution in [3.8, 4) is 11.6 Å². The summed E-state index contributed by atoms with van der Waals surface area (Å²) in [4.78, 5) is 8.18. The first-order valence-corrected chi connectivity index (χ1v) is 7.28. The van der Waals surface area contributed by atoms with Gasteiger partial charge in [0, 0.05) is 5.69 Å². The lowest BCUT2D eigenvalue weighted by atomic mass is 10.3. The standard InChI is InChI=1S/C14H17BrN4O2/c1-3-6-21-14-12(16)13(17-8-18-14)19-9-4-5-11(20-2)10(15)7-9/h4-5,7-8H,3,6,16H2,1-2H3,(H,17,18,19). The van der Waals surface area contributed by atoms with Gasteiger partial charge in [0.25, 0.3) is 0 Å². The molecule has 0 radical (unpaired) electrons. The molecule has 0 spiro atoms. The summed E-state index contributed by atoms with van der Waals surface area (Å²) in [6.45, 7) is 2.58. The lowest BCUT2D eigenvalue weighted by molar-refractivity contribution is 0.307. The van der Waals surface area contributed by atoms with Gasteiger partial charge in [-0.1, -0.05) is 6.92 Å². The molecule has 0 aliphatic carbocycles. The van der Waals surface area contributed by atoms with Crippen LogP contribution in [-0.4, -0.2) is 23.7 Å². The average molecular weight is 353 g/mol. The molecule has 2 aromatic rings. The van der Waals surface area contributed by atoms with E-state index < -0.39 is 0 Å². The number of hydrogen-bond acceptors (Lipinski definition) is 6. The van der Waals surface area contributed by atoms with Crippen LogP contribution in [0.15, 0.2) is 29.0 Å². The van der Waals surface area contributed by atoms with E-state index in [1.54, 1.807) is 7.11 Å². The molecule has 0 aliphatic heterocycles. The summed E-state index contributed by atoms with van der Waals surface area (Å²) in [5, 5.41) is 3.14. The van der Waals surface area contributed by atoms with Crippen LogP contribution < -0.4 is 20.5 Å². The molecule has 0 unspecified atom stereocenters. The third kappa shape index (κ3) is 3.75. The van der Waals surface area contributed by atoms with Gasteiger partial charge in [0.2, 0.25) is 5.88 Å². The summed E-state index contributed by atoms with van der Waals surface area (Å²) in [6, 6.07) is 5.60. The van der Waals surface area contributed by atoms with Crippen molar-refractivity contribution >= 4 is 33.1 Å². The second-order valence-electron chi connectivity index (χ2n) is 4.26. The number of anilines is 3. The largest absolute Gasteiger partial charge is 0.496 e. The Balaban J connectivity index is 2.21. The molecule has 3 N–H and O–H groups in total. The Hall–Kier alpha value is -2.02. The number of rotatable bonds is 6. The maximum atomic E-state index is 6.02. The van der Waals surface area contributed by atoms with Crippen molar-refractivity contribution in [3.05, 3.63) is 29.0 Å². The Morgan fingerprint density at radius 1 is 1.33 bits per heavy atom. The molecule has 112 valence electrons. The SMILES string of the molecule is CCCOc1ncnc(Nc2ccc(OC)c(Br)c2)c1N. The number of methoxy groups -OCH3 is 1. The van der Waals surface area contributed by atoms with Gasteiger partial charge in [-0.05, 0) is 40.5 Å². The van der Waals surface area contributed by atoms with Crippen molar-refractivity contribution in [3.63, 3.8) is 0 Å². The third-order valence-electron chi connectivity index (χ3n) is 2.70. The van der Waals surface area contributed by atoms with Crippen LogP contribution in [0.4, 0.5) is 17.2 Å². The number of halogens is 1. The van der Waals surface area contributed by atoms with E-state index in [9.17, 15) is 0 Å². The minimum absolute atomic E-state index is 0.387. The second-order valence-corrected chi connectivity index (χ2v) is 5.12. The van der Waals surface area contributed by atoms with Gasteiger partial charge in [0.15, 0.2) is 5.82 Å². The maximum absolute atomic E-state index is 6.02. The van der Waals surface area contributed by atoms with E-state index in [0.717, 1.165) is 22.3 Å². The molecule has 1 aromatic carbocycles. The van der Waals surface area contributed by atoms with Crippen LogP contribution in [0.25, 0.3) is 0 Å². The van der Waals surface area contributed by atoms with Crippen molar-refractivity contribution in [2.24, 2.45) is 0 Å². The van der Waals surface area contributed by atoms with Gasteiger partial charge in [-0.25, -0.2) is 4.98 Å². The summed E-state index contributed by atoms with van der Waals surface area (Å²) in [6.07, 6.45) is 2.31. The molecule has 0 saturated heterocycles. The van der Waals surface area contributed by atoms with E-state index in [1.807, 2.05) is 25.1 Å². The summed E-state index contributed by atoms with van der Waals surface area (Å²) < 4.78 is 11.5. The van der Waals surface area contributed by atoms with Gasteiger partial charge < -0.3 is 20.5 Å². The van der Waals surface area contributed by atoms with Crippen molar-refractivity contribution in [1.29, 1.82) is 0 Å². The molecule has 0 fully saturated rings. The zero-order valence-electron chi connectivity index (χ0n) is 11.9. The Morgan fingerprint density at radius 2 is 2.14 bits per heavy atom. The quantitative estimate of drug-likeness (QED) is 0.829. The summed E-state index contributed by atoms with van der Waals surface area (Å²) >= 11 is 3.43. The Morgan fingerprint density at radius 3 is 2.81 bits per heavy atom. The molecule has 2 rings (SSSR count). The number of nitrogens with zero attached hydrogens (tertiary/aromatic N) is 2. The summed E-state index contributed by atoms with van der Waals surface area (Å²) in [5.74, 6) is 1.65. The Bertz CT molecular complexity index is 622. The van der Waals surface area contributed by atoms with Crippen LogP contribution in [-0.2, 0) is 0 Å². The average Bonchev–Trinajstić information content (AvgIpc) is 2.48. The first-order valence-electron chi connectivity index (χ1n) is 6.49. The van der Waals surface area contributed by atoms with Gasteiger partial charge in [-0.3, -0.25) is 0 Å². The van der Waals surface area contributed by atoms with Crippen molar-refractivity contribution < 1.29 is 9.47 Å². The lowest BCUT2D eigenvalue weighted by Gasteiger charge is -2.12. The molecular formula is C14H17BrN4O2. The fourth-order valence-electron chi connectivity index (χ4n) is 1.67. The monoisotopic (exact) mass is 352 g/mol. The first kappa shape index (κ1) is 15.4. The van der Waals surface area contributed by atoms with E-state index in [2.05, 4.69) is 31.2 Å². The number of ether oxygens (including phenoxy) is 2. The van der Waals surface area contributed by atoms with E-state index in [0.29, 0.717) is 24.0 Å². The number of aromatic nitrogens is 2. The highest BCUT2D eigenvalue weighted by Gasteiger charge is 2.10. The first-order chi connectivity index (χ1) is 10.2. The van der Waals surface area contributed by atoms with Crippen molar-refractivity contribution in [1.82, 2.24) is 9.97 Å². The summed E-state index contributed by atoms with van der Waals surface area (Å²) in [7, 11) is 1.62. The third-order valence-corrected chi connectivity index (χ3v) is 3.32. The second kappa shape index (κ2) is 7.12. The molecule has 0 atom stereocenters. The van der Waals surface area contributed by atoms with Gasteiger partial charge in [0.1, 0.15) is 17.8 Å². The maximum Gasteiger partial charge on any atom is 0.242 e. The lowest BCUT2D eigenvalue weighted by Crippen LogP contribution is -2.06. The van der Waals surface area contributed by atoms with Gasteiger partial charge in [-0.2, -0.15) is 4.98 Å². The van der Waals surface area contributed by atoms with E-state index in [-0.39, 0.29) is 0 Å². The van der Waals surface area contributed by atoms with Crippen molar-refractivity contribution in [2.75, 3.05) is 24.8 Å². The van der Waals surface area contributed by atoms with Gasteiger partial charge in [-0.15, -0.1) is 0 Å². The van der Waals surface area contributed by atoms with Crippen LogP contribution in [0.2, 0.25) is 0 Å². The fourth-order valence-corrected chi connectivity index (χ4v) is 2.21. The molecule has 0 bridgehead atoms. The molecule has 21 heavy (non-hydrogen) atoms. The number of nitrogens with one attached hydrogen (secondary N) is 1. The molecule has 1 heterocycles. The fraction of sp³-hybridized carbons (Fsp3) is 0.286. The van der Waals surface area contributed by atoms with Crippen molar-refractivity contribution in [2.45, 2.75) is 13.3 Å². The number of hydrogen-bond donors (Lipinski definition) is 2. The predicted molar refractivity (Wildman–Crippen MR) is 86.2 cm³/mol. The van der Waals surface area contributed by atoms with E-state index in [1.165, 1.54) is 6.33 Å². The minimum Gasteiger partial charge on any atom is -0.496 e. The number of nitrogen functional groups attached to an aromatic ring is 1. The van der Waals surface area contributed by atoms with Crippen LogP contribution in [0, 0.1) is 0 Å². The van der Waals surface area contributed by atoms with Gasteiger partial charge in [0.05, 0.1) is 18.2 Å². The zero-order chi connectivity index (χ0) is 15.2. The molecule has 1 aromatic heterocycles. The molecule has 0 saturated carbocycles. The Labute approximate surface area is 131 Å². The number of benzene rings is 1. The molecule has 0 amide bonds. The van der Waals surface area contributed by atoms with Gasteiger partial charge >= 0.3 is 0 Å². The highest BCUT2D eigenvalue weighted by atomic mass is 79.9. The van der Waals surface area contributed by atoms with Crippen LogP contribution in [0.3, 0.4) is 0 Å². The summed E-state index contributed by atoms with van der Waals surface area (Å²) in [5.41, 5.74) is 7.23. The molecule has 0 aliphatic rings. The van der Waals surface area contributed by atoms with Crippen LogP contribution in [0.1, 0.15) is 13.3 Å². The van der Waals surface area contributed by atoms with E-state index >= 15 is 0 Å². The predicted octanol–water partition coefficient (Wildman–Crippen LogP) is 3.36. The molecule has 6 nitrogen and oxygen atoms in total. The molecule has 7 heteroatoms. The zero-order valence-corrected chi connectivity index (χ0v) is 13.5. The highest BCUT2D eigenvalue weighted by Crippen LogP contribution is 2.31. The Kier molecular flexibility index (Phi) is 5.21. The normalized spacial score (nSPS) is 10.2. The number of nitrogens with two attached hydrogens (primary N) is 1.